The highest BCUT2D eigenvalue weighted by molar-refractivity contribution is 5.90. The Balaban J connectivity index is 0.946. The highest BCUT2D eigenvalue weighted by Gasteiger charge is 2.62. The van der Waals surface area contributed by atoms with Crippen LogP contribution in [0.3, 0.4) is 0 Å². The first kappa shape index (κ1) is 40.8. The summed E-state index contributed by atoms with van der Waals surface area (Å²) in [5.41, 5.74) is 24.9. The first-order valence-electron chi connectivity index (χ1n) is 25.2. The standard InChI is InChI=1S/C68H52N2/c1-5-19-46(20-6-1)57-29-13-14-30-58(57)47-35-39-55(40-36-47)69(53-25-9-3-10-26-53)63-33-17-23-49-43-51-37-38-52-44-50-24-18-34-64(67(50)68(51,52)66(49)63)70(54-27-11-4-12-28-54)56-41-42-60-59-31-15-16-32-61(59)65(62(60)45-56)48-21-7-2-8-22-48/h1-36,39-42,45,51-52,65H,37-38,43-44H2. The molecule has 14 rings (SSSR count). The molecule has 0 heterocycles. The summed E-state index contributed by atoms with van der Waals surface area (Å²) >= 11 is 0. The number of benzene rings is 10. The highest BCUT2D eigenvalue weighted by atomic mass is 15.2. The lowest BCUT2D eigenvalue weighted by atomic mass is 9.68. The molecule has 4 aliphatic carbocycles. The van der Waals surface area contributed by atoms with Gasteiger partial charge in [0.15, 0.2) is 0 Å². The molecular formula is C68H52N2. The monoisotopic (exact) mass is 896 g/mol. The van der Waals surface area contributed by atoms with Gasteiger partial charge in [-0.2, -0.15) is 0 Å². The van der Waals surface area contributed by atoms with Crippen molar-refractivity contribution >= 4 is 34.1 Å². The third-order valence-corrected chi connectivity index (χ3v) is 16.4. The predicted molar refractivity (Wildman–Crippen MR) is 290 cm³/mol. The average Bonchev–Trinajstić information content (AvgIpc) is 4.16. The molecule has 0 bridgehead atoms. The molecule has 0 aliphatic heterocycles. The van der Waals surface area contributed by atoms with Gasteiger partial charge in [-0.05, 0) is 171 Å². The second-order valence-electron chi connectivity index (χ2n) is 19.9. The Hall–Kier alpha value is -8.20. The van der Waals surface area contributed by atoms with E-state index in [0.717, 1.165) is 12.8 Å². The highest BCUT2D eigenvalue weighted by Crippen LogP contribution is 2.69. The average molecular weight is 897 g/mol. The summed E-state index contributed by atoms with van der Waals surface area (Å²) in [6, 6.07) is 93.0. The van der Waals surface area contributed by atoms with Gasteiger partial charge in [0.25, 0.3) is 0 Å². The molecular weight excluding hydrogens is 845 g/mol. The van der Waals surface area contributed by atoms with Crippen molar-refractivity contribution in [3.05, 3.63) is 288 Å². The first-order valence-corrected chi connectivity index (χ1v) is 25.2. The normalized spacial score (nSPS) is 18.8. The van der Waals surface area contributed by atoms with Crippen LogP contribution in [0.2, 0.25) is 0 Å². The molecule has 2 heteroatoms. The molecule has 2 nitrogen and oxygen atoms in total. The van der Waals surface area contributed by atoms with Crippen LogP contribution < -0.4 is 9.80 Å². The van der Waals surface area contributed by atoms with Crippen molar-refractivity contribution in [2.24, 2.45) is 11.8 Å². The van der Waals surface area contributed by atoms with Crippen molar-refractivity contribution < 1.29 is 0 Å². The summed E-state index contributed by atoms with van der Waals surface area (Å²) in [7, 11) is 0. The molecule has 0 radical (unpaired) electrons. The number of fused-ring (bicyclic) bond motifs is 5. The van der Waals surface area contributed by atoms with Gasteiger partial charge >= 0.3 is 0 Å². The van der Waals surface area contributed by atoms with Crippen LogP contribution in [-0.4, -0.2) is 0 Å². The van der Waals surface area contributed by atoms with E-state index in [1.165, 1.54) is 119 Å². The lowest BCUT2D eigenvalue weighted by Gasteiger charge is -2.40. The van der Waals surface area contributed by atoms with Crippen molar-refractivity contribution in [1.29, 1.82) is 0 Å². The third kappa shape index (κ3) is 6.26. The smallest absolute Gasteiger partial charge is 0.0505 e. The van der Waals surface area contributed by atoms with Crippen molar-refractivity contribution in [3.63, 3.8) is 0 Å². The molecule has 70 heavy (non-hydrogen) atoms. The molecule has 4 unspecified atom stereocenters. The van der Waals surface area contributed by atoms with Gasteiger partial charge in [0.1, 0.15) is 0 Å². The van der Waals surface area contributed by atoms with Crippen molar-refractivity contribution in [1.82, 2.24) is 0 Å². The molecule has 10 aromatic rings. The lowest BCUT2D eigenvalue weighted by Crippen LogP contribution is -2.34. The van der Waals surface area contributed by atoms with Crippen LogP contribution in [0.15, 0.2) is 249 Å². The fourth-order valence-corrected chi connectivity index (χ4v) is 13.8. The molecule has 0 amide bonds. The summed E-state index contributed by atoms with van der Waals surface area (Å²) in [6.45, 7) is 0. The maximum absolute atomic E-state index is 2.61. The second kappa shape index (κ2) is 16.5. The minimum absolute atomic E-state index is 0.161. The summed E-state index contributed by atoms with van der Waals surface area (Å²) in [6.07, 6.45) is 4.64. The number of para-hydroxylation sites is 2. The predicted octanol–water partition coefficient (Wildman–Crippen LogP) is 17.5. The SMILES string of the molecule is c1ccc(-c2ccccc2-c2ccc(N(c3ccccc3)c3cccc4c3C35c6c(cccc6N(c6ccccc6)c6ccc7c(c6)C(c6ccccc6)c6ccccc6-7)CC3CCC5C4)cc2)cc1. The van der Waals surface area contributed by atoms with Gasteiger partial charge < -0.3 is 9.80 Å². The van der Waals surface area contributed by atoms with E-state index in [9.17, 15) is 0 Å². The second-order valence-corrected chi connectivity index (χ2v) is 19.9. The Labute approximate surface area is 411 Å². The maximum atomic E-state index is 2.61. The zero-order valence-corrected chi connectivity index (χ0v) is 39.1. The molecule has 1 fully saturated rings. The molecule has 4 atom stereocenters. The van der Waals surface area contributed by atoms with E-state index in [1.54, 1.807) is 0 Å². The largest absolute Gasteiger partial charge is 0.310 e. The molecule has 1 spiro atoms. The molecule has 0 N–H and O–H groups in total. The topological polar surface area (TPSA) is 6.48 Å². The summed E-state index contributed by atoms with van der Waals surface area (Å²) in [4.78, 5) is 5.17. The lowest BCUT2D eigenvalue weighted by molar-refractivity contribution is 0.350. The summed E-state index contributed by atoms with van der Waals surface area (Å²) in [5.74, 6) is 1.16. The zero-order chi connectivity index (χ0) is 46.2. The molecule has 1 saturated carbocycles. The Morgan fingerprint density at radius 1 is 0.329 bits per heavy atom. The van der Waals surface area contributed by atoms with E-state index in [-0.39, 0.29) is 11.3 Å². The first-order chi connectivity index (χ1) is 34.7. The van der Waals surface area contributed by atoms with Gasteiger partial charge in [-0.3, -0.25) is 0 Å². The summed E-state index contributed by atoms with van der Waals surface area (Å²) in [5, 5.41) is 0. The molecule has 0 saturated heterocycles. The van der Waals surface area contributed by atoms with Crippen molar-refractivity contribution in [2.75, 3.05) is 9.80 Å². The van der Waals surface area contributed by atoms with E-state index in [2.05, 4.69) is 259 Å². The number of rotatable bonds is 9. The van der Waals surface area contributed by atoms with E-state index in [4.69, 9.17) is 0 Å². The number of anilines is 6. The van der Waals surface area contributed by atoms with E-state index >= 15 is 0 Å². The van der Waals surface area contributed by atoms with Gasteiger partial charge in [0.2, 0.25) is 0 Å². The Morgan fingerprint density at radius 2 is 0.771 bits per heavy atom. The fourth-order valence-electron chi connectivity index (χ4n) is 13.8. The van der Waals surface area contributed by atoms with Crippen LogP contribution in [0.1, 0.15) is 57.7 Å². The minimum atomic E-state index is -0.161. The third-order valence-electron chi connectivity index (χ3n) is 16.4. The molecule has 10 aromatic carbocycles. The van der Waals surface area contributed by atoms with Crippen LogP contribution in [0.4, 0.5) is 34.1 Å². The number of nitrogens with zero attached hydrogens (tertiary/aromatic N) is 2. The molecule has 0 aromatic heterocycles. The minimum Gasteiger partial charge on any atom is -0.310 e. The molecule has 334 valence electrons. The van der Waals surface area contributed by atoms with Crippen LogP contribution in [-0.2, 0) is 18.3 Å². The van der Waals surface area contributed by atoms with Gasteiger partial charge in [0.05, 0.1) is 11.4 Å². The Bertz CT molecular complexity index is 3560. The summed E-state index contributed by atoms with van der Waals surface area (Å²) < 4.78 is 0. The zero-order valence-electron chi connectivity index (χ0n) is 39.1. The number of hydrogen-bond donors (Lipinski definition) is 0. The fraction of sp³-hybridized carbons (Fsp3) is 0.118. The van der Waals surface area contributed by atoms with Crippen LogP contribution in [0.5, 0.6) is 0 Å². The van der Waals surface area contributed by atoms with Gasteiger partial charge in [-0.25, -0.2) is 0 Å². The molecule has 4 aliphatic rings. The van der Waals surface area contributed by atoms with E-state index < -0.39 is 0 Å². The van der Waals surface area contributed by atoms with Gasteiger partial charge in [0, 0.05) is 34.1 Å². The number of hydrogen-bond acceptors (Lipinski definition) is 2. The van der Waals surface area contributed by atoms with Crippen molar-refractivity contribution in [2.45, 2.75) is 37.0 Å². The Morgan fingerprint density at radius 3 is 1.36 bits per heavy atom. The van der Waals surface area contributed by atoms with Gasteiger partial charge in [-0.1, -0.05) is 188 Å². The van der Waals surface area contributed by atoms with Crippen LogP contribution >= 0.6 is 0 Å². The quantitative estimate of drug-likeness (QED) is 0.142. The van der Waals surface area contributed by atoms with E-state index in [1.807, 2.05) is 0 Å². The van der Waals surface area contributed by atoms with Crippen LogP contribution in [0, 0.1) is 11.8 Å². The van der Waals surface area contributed by atoms with Gasteiger partial charge in [-0.15, -0.1) is 0 Å². The van der Waals surface area contributed by atoms with E-state index in [0.29, 0.717) is 11.8 Å². The van der Waals surface area contributed by atoms with Crippen molar-refractivity contribution in [3.8, 4) is 33.4 Å². The Kier molecular flexibility index (Phi) is 9.62. The van der Waals surface area contributed by atoms with Crippen LogP contribution in [0.25, 0.3) is 33.4 Å². The maximum Gasteiger partial charge on any atom is 0.0505 e.